The van der Waals surface area contributed by atoms with E-state index in [1.807, 2.05) is 0 Å². The summed E-state index contributed by atoms with van der Waals surface area (Å²) in [5.41, 5.74) is 2.40. The number of hydrogen-bond acceptors (Lipinski definition) is 2. The van der Waals surface area contributed by atoms with Gasteiger partial charge in [0.1, 0.15) is 0 Å². The van der Waals surface area contributed by atoms with Crippen LogP contribution in [0.2, 0.25) is 28.2 Å². The van der Waals surface area contributed by atoms with Crippen molar-refractivity contribution in [2.45, 2.75) is 70.2 Å². The lowest BCUT2D eigenvalue weighted by atomic mass is 10.0. The maximum atomic E-state index is 6.89. The van der Waals surface area contributed by atoms with E-state index in [1.165, 1.54) is 12.0 Å². The first-order valence-electron chi connectivity index (χ1n) is 10.5. The van der Waals surface area contributed by atoms with Gasteiger partial charge in [0.05, 0.1) is 16.1 Å². The molecule has 1 aliphatic rings. The number of nitrogens with zero attached hydrogens (tertiary/aromatic N) is 1. The quantitative estimate of drug-likeness (QED) is 0.352. The van der Waals surface area contributed by atoms with Crippen LogP contribution in [0.15, 0.2) is 42.7 Å². The molecule has 152 valence electrons. The lowest BCUT2D eigenvalue weighted by Gasteiger charge is -2.34. The second kappa shape index (κ2) is 9.75. The van der Waals surface area contributed by atoms with Crippen LogP contribution in [-0.2, 0) is 4.43 Å². The van der Waals surface area contributed by atoms with E-state index in [2.05, 4.69) is 56.1 Å². The molecule has 0 aliphatic heterocycles. The molecule has 2 aromatic rings. The first kappa shape index (κ1) is 21.8. The Labute approximate surface area is 180 Å². The molecule has 5 heteroatoms. The maximum Gasteiger partial charge on any atom is 0.192 e. The predicted octanol–water partition coefficient (Wildman–Crippen LogP) is 8.04. The summed E-state index contributed by atoms with van der Waals surface area (Å²) in [6.07, 6.45) is 6.72. The van der Waals surface area contributed by atoms with Gasteiger partial charge in [-0.1, -0.05) is 74.3 Å². The zero-order valence-corrected chi connectivity index (χ0v) is 19.6. The van der Waals surface area contributed by atoms with Crippen molar-refractivity contribution < 1.29 is 4.43 Å². The van der Waals surface area contributed by atoms with E-state index in [-0.39, 0.29) is 6.10 Å². The van der Waals surface area contributed by atoms with E-state index in [1.54, 1.807) is 12.4 Å². The van der Waals surface area contributed by atoms with Crippen LogP contribution < -0.4 is 0 Å². The third-order valence-electron chi connectivity index (χ3n) is 6.49. The molecule has 1 aromatic heterocycles. The van der Waals surface area contributed by atoms with Crippen molar-refractivity contribution in [1.29, 1.82) is 0 Å². The van der Waals surface area contributed by atoms with Crippen LogP contribution in [-0.4, -0.2) is 13.3 Å². The highest BCUT2D eigenvalue weighted by Crippen LogP contribution is 2.51. The highest BCUT2D eigenvalue weighted by Gasteiger charge is 2.40. The Kier molecular flexibility index (Phi) is 7.60. The molecule has 1 aliphatic carbocycles. The fraction of sp³-hybridized carbons (Fsp3) is 0.522. The van der Waals surface area contributed by atoms with Gasteiger partial charge in [-0.05, 0) is 54.8 Å². The first-order chi connectivity index (χ1) is 13.5. The van der Waals surface area contributed by atoms with Gasteiger partial charge >= 0.3 is 0 Å². The summed E-state index contributed by atoms with van der Waals surface area (Å²) < 4.78 is 6.89. The van der Waals surface area contributed by atoms with Crippen LogP contribution in [0.4, 0.5) is 0 Å². The fourth-order valence-electron chi connectivity index (χ4n) is 4.33. The highest BCUT2D eigenvalue weighted by atomic mass is 35.5. The standard InChI is InChI=1S/C23H31Cl2NOSi/c1-4-28(5-2,6-3)27-22(23-20(24)15-26-16-21(23)25)13-12-18-14-19(18)17-10-8-7-9-11-17/h7-11,15-16,18-19,22H,4-6,12-14H2,1-3H3/t18-,19+,22?/m0/s1. The second-order valence-electron chi connectivity index (χ2n) is 7.96. The molecule has 0 N–H and O–H groups in total. The van der Waals surface area contributed by atoms with Gasteiger partial charge in [-0.25, -0.2) is 0 Å². The molecule has 1 heterocycles. The van der Waals surface area contributed by atoms with Gasteiger partial charge in [0.2, 0.25) is 0 Å². The average Bonchev–Trinajstić information content (AvgIpc) is 3.50. The van der Waals surface area contributed by atoms with Gasteiger partial charge in [0.25, 0.3) is 0 Å². The Bertz CT molecular complexity index is 738. The van der Waals surface area contributed by atoms with E-state index in [4.69, 9.17) is 27.6 Å². The maximum absolute atomic E-state index is 6.89. The van der Waals surface area contributed by atoms with Gasteiger partial charge < -0.3 is 4.43 Å². The van der Waals surface area contributed by atoms with Gasteiger partial charge in [-0.2, -0.15) is 0 Å². The number of benzene rings is 1. The number of hydrogen-bond donors (Lipinski definition) is 0. The summed E-state index contributed by atoms with van der Waals surface area (Å²) in [6.45, 7) is 6.79. The Hall–Kier alpha value is -0.873. The van der Waals surface area contributed by atoms with Crippen LogP contribution >= 0.6 is 23.2 Å². The summed E-state index contributed by atoms with van der Waals surface area (Å²) in [6, 6.07) is 14.2. The minimum Gasteiger partial charge on any atom is -0.410 e. The number of aromatic nitrogens is 1. The Morgan fingerprint density at radius 2 is 1.64 bits per heavy atom. The third kappa shape index (κ3) is 4.99. The Morgan fingerprint density at radius 3 is 2.21 bits per heavy atom. The summed E-state index contributed by atoms with van der Waals surface area (Å²) in [4.78, 5) is 4.14. The molecule has 28 heavy (non-hydrogen) atoms. The van der Waals surface area contributed by atoms with Crippen LogP contribution in [0.25, 0.3) is 0 Å². The van der Waals surface area contributed by atoms with E-state index in [9.17, 15) is 0 Å². The van der Waals surface area contributed by atoms with Crippen molar-refractivity contribution in [3.8, 4) is 0 Å². The molecule has 3 atom stereocenters. The molecule has 1 aromatic carbocycles. The molecule has 0 amide bonds. The van der Waals surface area contributed by atoms with Crippen molar-refractivity contribution in [3.05, 3.63) is 63.9 Å². The Balaban J connectivity index is 1.75. The number of halogens is 2. The molecule has 3 rings (SSSR count). The van der Waals surface area contributed by atoms with Gasteiger partial charge in [0, 0.05) is 18.0 Å². The summed E-state index contributed by atoms with van der Waals surface area (Å²) in [7, 11) is -1.78. The van der Waals surface area contributed by atoms with Gasteiger partial charge in [-0.15, -0.1) is 0 Å². The van der Waals surface area contributed by atoms with E-state index < -0.39 is 8.32 Å². The molecule has 0 saturated heterocycles. The van der Waals surface area contributed by atoms with Crippen molar-refractivity contribution >= 4 is 31.5 Å². The third-order valence-corrected chi connectivity index (χ3v) is 11.7. The summed E-state index contributed by atoms with van der Waals surface area (Å²) in [5, 5.41) is 1.25. The van der Waals surface area contributed by atoms with E-state index >= 15 is 0 Å². The SMILES string of the molecule is CC[Si](CC)(CC)OC(CC[C@H]1C[C@@H]1c1ccccc1)c1c(Cl)cncc1Cl. The molecule has 1 fully saturated rings. The molecule has 2 nitrogen and oxygen atoms in total. The molecule has 1 saturated carbocycles. The first-order valence-corrected chi connectivity index (χ1v) is 13.8. The molecule has 0 radical (unpaired) electrons. The number of pyridine rings is 1. The van der Waals surface area contributed by atoms with Crippen molar-refractivity contribution in [2.24, 2.45) is 5.92 Å². The van der Waals surface area contributed by atoms with Gasteiger partial charge in [-0.3, -0.25) is 4.98 Å². The lowest BCUT2D eigenvalue weighted by molar-refractivity contribution is 0.174. The zero-order chi connectivity index (χ0) is 20.1. The smallest absolute Gasteiger partial charge is 0.192 e. The van der Waals surface area contributed by atoms with Crippen molar-refractivity contribution in [2.75, 3.05) is 0 Å². The lowest BCUT2D eigenvalue weighted by Crippen LogP contribution is -2.37. The predicted molar refractivity (Wildman–Crippen MR) is 122 cm³/mol. The van der Waals surface area contributed by atoms with Crippen molar-refractivity contribution in [3.63, 3.8) is 0 Å². The number of rotatable bonds is 10. The molecular formula is C23H31Cl2NOSi. The Morgan fingerprint density at radius 1 is 1.04 bits per heavy atom. The molecule has 0 bridgehead atoms. The van der Waals surface area contributed by atoms with Gasteiger partial charge in [0.15, 0.2) is 8.32 Å². The minimum absolute atomic E-state index is 0.0356. The van der Waals surface area contributed by atoms with E-state index in [0.29, 0.717) is 16.0 Å². The van der Waals surface area contributed by atoms with Crippen LogP contribution in [0, 0.1) is 5.92 Å². The molecular weight excluding hydrogens is 405 g/mol. The minimum atomic E-state index is -1.78. The van der Waals surface area contributed by atoms with E-state index in [0.717, 1.165) is 42.5 Å². The topological polar surface area (TPSA) is 22.1 Å². The normalized spacial score (nSPS) is 20.2. The fourth-order valence-corrected chi connectivity index (χ4v) is 7.78. The summed E-state index contributed by atoms with van der Waals surface area (Å²) >= 11 is 13.1. The van der Waals surface area contributed by atoms with Crippen LogP contribution in [0.1, 0.15) is 63.2 Å². The zero-order valence-electron chi connectivity index (χ0n) is 17.1. The van der Waals surface area contributed by atoms with Crippen LogP contribution in [0.5, 0.6) is 0 Å². The second-order valence-corrected chi connectivity index (χ2v) is 13.5. The average molecular weight is 436 g/mol. The molecule has 1 unspecified atom stereocenters. The largest absolute Gasteiger partial charge is 0.410 e. The highest BCUT2D eigenvalue weighted by molar-refractivity contribution is 6.73. The monoisotopic (exact) mass is 435 g/mol. The molecule has 0 spiro atoms. The van der Waals surface area contributed by atoms with Crippen LogP contribution in [0.3, 0.4) is 0 Å². The summed E-state index contributed by atoms with van der Waals surface area (Å²) in [5.74, 6) is 1.42. The van der Waals surface area contributed by atoms with Crippen molar-refractivity contribution in [1.82, 2.24) is 4.98 Å².